The summed E-state index contributed by atoms with van der Waals surface area (Å²) in [7, 11) is 3.87. The number of rotatable bonds is 0. The largest absolute Gasteiger partial charge is 0.476 e. The molecular formula is C21H23N7O. The first-order valence-corrected chi connectivity index (χ1v) is 9.66. The highest BCUT2D eigenvalue weighted by Gasteiger charge is 2.16. The topological polar surface area (TPSA) is 85.6 Å². The van der Waals surface area contributed by atoms with Crippen molar-refractivity contribution in [1.82, 2.24) is 35.1 Å². The third kappa shape index (κ3) is 3.01. The highest BCUT2D eigenvalue weighted by molar-refractivity contribution is 5.93. The van der Waals surface area contributed by atoms with E-state index < -0.39 is 0 Å². The minimum Gasteiger partial charge on any atom is -0.476 e. The molecule has 0 saturated heterocycles. The predicted octanol–water partition coefficient (Wildman–Crippen LogP) is 2.66. The van der Waals surface area contributed by atoms with Crippen LogP contribution in [0.4, 0.5) is 0 Å². The molecule has 29 heavy (non-hydrogen) atoms. The summed E-state index contributed by atoms with van der Waals surface area (Å²) in [4.78, 5) is 0. The van der Waals surface area contributed by atoms with E-state index in [1.54, 1.807) is 4.68 Å². The first kappa shape index (κ1) is 17.7. The second kappa shape index (κ2) is 6.89. The van der Waals surface area contributed by atoms with E-state index in [1.807, 2.05) is 38.0 Å². The maximum atomic E-state index is 6.08. The molecule has 5 rings (SSSR count). The molecule has 2 bridgehead atoms. The van der Waals surface area contributed by atoms with Gasteiger partial charge in [0, 0.05) is 38.1 Å². The van der Waals surface area contributed by atoms with Gasteiger partial charge in [-0.1, -0.05) is 6.07 Å². The Balaban J connectivity index is 1.67. The molecule has 0 fully saturated rings. The number of nitrogens with one attached hydrogen (secondary N) is 2. The van der Waals surface area contributed by atoms with Gasteiger partial charge in [-0.05, 0) is 36.8 Å². The van der Waals surface area contributed by atoms with E-state index in [9.17, 15) is 0 Å². The van der Waals surface area contributed by atoms with Crippen molar-refractivity contribution in [3.05, 3.63) is 47.0 Å². The minimum absolute atomic E-state index is 0.549. The molecule has 4 heterocycles. The van der Waals surface area contributed by atoms with Crippen LogP contribution in [-0.4, -0.2) is 42.9 Å². The zero-order valence-electron chi connectivity index (χ0n) is 16.7. The maximum Gasteiger partial charge on any atom is 0.219 e. The van der Waals surface area contributed by atoms with E-state index in [0.717, 1.165) is 57.1 Å². The van der Waals surface area contributed by atoms with Gasteiger partial charge < -0.3 is 10.1 Å². The molecule has 0 saturated carbocycles. The Hall–Kier alpha value is -3.39. The van der Waals surface area contributed by atoms with Gasteiger partial charge in [-0.25, -0.2) is 4.68 Å². The van der Waals surface area contributed by atoms with E-state index in [-0.39, 0.29) is 0 Å². The fourth-order valence-electron chi connectivity index (χ4n) is 3.86. The van der Waals surface area contributed by atoms with Gasteiger partial charge in [0.2, 0.25) is 5.88 Å². The van der Waals surface area contributed by atoms with Gasteiger partial charge in [-0.15, -0.1) is 0 Å². The van der Waals surface area contributed by atoms with Crippen LogP contribution in [0.5, 0.6) is 5.88 Å². The Morgan fingerprint density at radius 2 is 2.03 bits per heavy atom. The minimum atomic E-state index is 0.549. The number of hydrogen-bond donors (Lipinski definition) is 2. The average molecular weight is 389 g/mol. The highest BCUT2D eigenvalue weighted by Crippen LogP contribution is 2.32. The van der Waals surface area contributed by atoms with Gasteiger partial charge in [0.25, 0.3) is 0 Å². The highest BCUT2D eigenvalue weighted by atomic mass is 16.5. The zero-order chi connectivity index (χ0) is 20.0. The number of aromatic amines is 1. The molecule has 2 N–H and O–H groups in total. The third-order valence-electron chi connectivity index (χ3n) is 5.40. The zero-order valence-corrected chi connectivity index (χ0v) is 16.7. The standard InChI is InChI=1S/C21H23N7O/c1-13-15-5-7-19-16-10-14(4-6-18(16)24-25-19)17-11-23-28(3)21(17)29-9-8-22-12-20(15)27(2)26-13/h4-7,10-11,22H,8-9,12H2,1-3H3,(H,24,25)/b7-5+. The fraction of sp³-hybridized carbons (Fsp3) is 0.286. The lowest BCUT2D eigenvalue weighted by molar-refractivity contribution is 0.288. The molecule has 0 radical (unpaired) electrons. The Labute approximate surface area is 168 Å². The van der Waals surface area contributed by atoms with Gasteiger partial charge in [-0.3, -0.25) is 9.78 Å². The molecule has 0 atom stereocenters. The number of H-pyrrole nitrogens is 1. The van der Waals surface area contributed by atoms with Crippen LogP contribution >= 0.6 is 0 Å². The van der Waals surface area contributed by atoms with E-state index >= 15 is 0 Å². The van der Waals surface area contributed by atoms with E-state index in [4.69, 9.17) is 4.74 Å². The molecule has 1 aliphatic heterocycles. The van der Waals surface area contributed by atoms with Crippen LogP contribution in [-0.2, 0) is 20.6 Å². The van der Waals surface area contributed by atoms with Crippen LogP contribution in [0.15, 0.2) is 24.4 Å². The normalized spacial score (nSPS) is 15.4. The second-order valence-electron chi connectivity index (χ2n) is 7.28. The Morgan fingerprint density at radius 1 is 1.14 bits per heavy atom. The summed E-state index contributed by atoms with van der Waals surface area (Å²) in [6, 6.07) is 6.25. The average Bonchev–Trinajstić information content (AvgIpc) is 3.35. The van der Waals surface area contributed by atoms with Crippen LogP contribution in [0.3, 0.4) is 0 Å². The number of aromatic nitrogens is 6. The summed E-state index contributed by atoms with van der Waals surface area (Å²) in [6.45, 7) is 4.01. The Kier molecular flexibility index (Phi) is 4.21. The van der Waals surface area contributed by atoms with Crippen molar-refractivity contribution in [3.8, 4) is 17.0 Å². The number of ether oxygens (including phenoxy) is 1. The summed E-state index contributed by atoms with van der Waals surface area (Å²) < 4.78 is 9.79. The number of aryl methyl sites for hydroxylation is 3. The first-order chi connectivity index (χ1) is 14.1. The van der Waals surface area contributed by atoms with Crippen LogP contribution in [0.25, 0.3) is 34.2 Å². The Morgan fingerprint density at radius 3 is 2.93 bits per heavy atom. The molecule has 8 nitrogen and oxygen atoms in total. The quantitative estimate of drug-likeness (QED) is 0.483. The molecule has 0 aliphatic carbocycles. The van der Waals surface area contributed by atoms with Crippen molar-refractivity contribution in [3.63, 3.8) is 0 Å². The van der Waals surface area contributed by atoms with Gasteiger partial charge in [0.15, 0.2) is 0 Å². The van der Waals surface area contributed by atoms with Crippen molar-refractivity contribution in [1.29, 1.82) is 0 Å². The summed E-state index contributed by atoms with van der Waals surface area (Å²) in [5.74, 6) is 0.763. The second-order valence-corrected chi connectivity index (χ2v) is 7.28. The summed E-state index contributed by atoms with van der Waals surface area (Å²) in [5.41, 5.74) is 7.17. The summed E-state index contributed by atoms with van der Waals surface area (Å²) >= 11 is 0. The van der Waals surface area contributed by atoms with E-state index in [2.05, 4.69) is 50.0 Å². The molecule has 3 aromatic heterocycles. The van der Waals surface area contributed by atoms with Crippen LogP contribution < -0.4 is 10.1 Å². The van der Waals surface area contributed by atoms with Crippen LogP contribution in [0, 0.1) is 6.92 Å². The maximum absolute atomic E-state index is 6.08. The van der Waals surface area contributed by atoms with E-state index in [1.165, 1.54) is 0 Å². The first-order valence-electron chi connectivity index (χ1n) is 9.66. The molecule has 0 amide bonds. The lowest BCUT2D eigenvalue weighted by Gasteiger charge is -2.10. The van der Waals surface area contributed by atoms with Crippen LogP contribution in [0.2, 0.25) is 0 Å². The fourth-order valence-corrected chi connectivity index (χ4v) is 3.86. The number of nitrogens with zero attached hydrogens (tertiary/aromatic N) is 5. The van der Waals surface area contributed by atoms with Crippen molar-refractivity contribution in [2.24, 2.45) is 14.1 Å². The molecule has 1 aliphatic rings. The molecule has 8 heteroatoms. The van der Waals surface area contributed by atoms with Gasteiger partial charge >= 0.3 is 0 Å². The number of fused-ring (bicyclic) bond motifs is 4. The molecule has 4 aromatic rings. The monoisotopic (exact) mass is 389 g/mol. The van der Waals surface area contributed by atoms with Gasteiger partial charge in [0.1, 0.15) is 6.61 Å². The number of hydrogen-bond acceptors (Lipinski definition) is 5. The van der Waals surface area contributed by atoms with E-state index in [0.29, 0.717) is 13.2 Å². The molecule has 0 spiro atoms. The smallest absolute Gasteiger partial charge is 0.219 e. The molecule has 0 unspecified atom stereocenters. The lowest BCUT2D eigenvalue weighted by Crippen LogP contribution is -2.23. The van der Waals surface area contributed by atoms with Crippen LogP contribution in [0.1, 0.15) is 22.6 Å². The Bertz CT molecular complexity index is 1230. The predicted molar refractivity (Wildman–Crippen MR) is 112 cm³/mol. The number of benzene rings is 1. The third-order valence-corrected chi connectivity index (χ3v) is 5.40. The van der Waals surface area contributed by atoms with Crippen molar-refractivity contribution in [2.75, 3.05) is 13.2 Å². The van der Waals surface area contributed by atoms with Gasteiger partial charge in [0.05, 0.1) is 34.4 Å². The van der Waals surface area contributed by atoms with Gasteiger partial charge in [-0.2, -0.15) is 15.3 Å². The lowest BCUT2D eigenvalue weighted by atomic mass is 10.0. The molecule has 148 valence electrons. The van der Waals surface area contributed by atoms with Crippen molar-refractivity contribution in [2.45, 2.75) is 13.5 Å². The van der Waals surface area contributed by atoms with Crippen molar-refractivity contribution >= 4 is 23.1 Å². The molecule has 1 aromatic carbocycles. The molecular weight excluding hydrogens is 366 g/mol. The summed E-state index contributed by atoms with van der Waals surface area (Å²) in [6.07, 6.45) is 6.01. The summed E-state index contributed by atoms with van der Waals surface area (Å²) in [5, 5.41) is 21.1. The SMILES string of the molecule is Cc1nn(C)c2c1/C=C/c1n[nH]c3ccc(cc13)-c1cnn(C)c1OCCNC2. The van der Waals surface area contributed by atoms with Crippen molar-refractivity contribution < 1.29 is 4.74 Å².